The molecule has 5 heteroatoms. The van der Waals surface area contributed by atoms with E-state index in [0.29, 0.717) is 6.61 Å². The second-order valence-electron chi connectivity index (χ2n) is 8.88. The maximum Gasteiger partial charge on any atom is 0.303 e. The van der Waals surface area contributed by atoms with E-state index in [1.807, 2.05) is 18.2 Å². The highest BCUT2D eigenvalue weighted by atomic mass is 16.5. The van der Waals surface area contributed by atoms with E-state index >= 15 is 0 Å². The quantitative estimate of drug-likeness (QED) is 0.171. The molecule has 0 bridgehead atoms. The van der Waals surface area contributed by atoms with E-state index in [2.05, 4.69) is 19.1 Å². The molecule has 0 amide bonds. The lowest BCUT2D eigenvalue weighted by molar-refractivity contribution is -0.147. The maximum absolute atomic E-state index is 11.4. The average Bonchev–Trinajstić information content (AvgIpc) is 2.76. The molecular weight excluding hydrogens is 404 g/mol. The van der Waals surface area contributed by atoms with Gasteiger partial charge in [-0.15, -0.1) is 0 Å². The van der Waals surface area contributed by atoms with Crippen LogP contribution < -0.4 is 0 Å². The van der Waals surface area contributed by atoms with Gasteiger partial charge in [-0.05, 0) is 51.0 Å². The molecule has 32 heavy (non-hydrogen) atoms. The molecule has 0 saturated heterocycles. The number of rotatable bonds is 20. The Kier molecular flexibility index (Phi) is 16.4. The van der Waals surface area contributed by atoms with Gasteiger partial charge in [-0.1, -0.05) is 75.3 Å². The Hall–Kier alpha value is -1.88. The van der Waals surface area contributed by atoms with E-state index in [1.165, 1.54) is 18.9 Å². The summed E-state index contributed by atoms with van der Waals surface area (Å²) in [5, 5.41) is 8.64. The van der Waals surface area contributed by atoms with Crippen LogP contribution in [0.5, 0.6) is 0 Å². The molecule has 1 rings (SSSR count). The molecule has 1 aromatic rings. The first kappa shape index (κ1) is 28.2. The third-order valence-corrected chi connectivity index (χ3v) is 5.76. The number of hydrogen-bond donors (Lipinski definition) is 1. The zero-order valence-electron chi connectivity index (χ0n) is 20.2. The van der Waals surface area contributed by atoms with Gasteiger partial charge in [0.05, 0.1) is 12.7 Å². The smallest absolute Gasteiger partial charge is 0.303 e. The van der Waals surface area contributed by atoms with Gasteiger partial charge < -0.3 is 14.6 Å². The average molecular weight is 449 g/mol. The van der Waals surface area contributed by atoms with E-state index in [4.69, 9.17) is 14.6 Å². The van der Waals surface area contributed by atoms with Crippen LogP contribution in [-0.4, -0.2) is 29.3 Å². The number of hydrogen-bond acceptors (Lipinski definition) is 4. The van der Waals surface area contributed by atoms with Crippen LogP contribution in [-0.2, 0) is 25.7 Å². The van der Waals surface area contributed by atoms with Gasteiger partial charge in [0.1, 0.15) is 6.10 Å². The van der Waals surface area contributed by atoms with Gasteiger partial charge in [-0.3, -0.25) is 9.59 Å². The van der Waals surface area contributed by atoms with E-state index < -0.39 is 5.97 Å². The van der Waals surface area contributed by atoms with Crippen LogP contribution in [0.3, 0.4) is 0 Å². The first-order chi connectivity index (χ1) is 15.5. The van der Waals surface area contributed by atoms with Crippen molar-refractivity contribution in [2.45, 2.75) is 123 Å². The number of unbranched alkanes of at least 4 members (excludes halogenated alkanes) is 8. The summed E-state index contributed by atoms with van der Waals surface area (Å²) in [7, 11) is 0. The van der Waals surface area contributed by atoms with Crippen LogP contribution in [0.15, 0.2) is 30.3 Å². The van der Waals surface area contributed by atoms with Crippen molar-refractivity contribution in [3.63, 3.8) is 0 Å². The molecule has 2 unspecified atom stereocenters. The summed E-state index contributed by atoms with van der Waals surface area (Å²) in [5.41, 5.74) is 1.22. The van der Waals surface area contributed by atoms with E-state index in [1.54, 1.807) is 0 Å². The minimum absolute atomic E-state index is 0.0349. The zero-order valence-corrected chi connectivity index (χ0v) is 20.2. The van der Waals surface area contributed by atoms with E-state index in [-0.39, 0.29) is 24.6 Å². The fraction of sp³-hybridized carbons (Fsp3) is 0.704. The molecule has 0 aliphatic heterocycles. The summed E-state index contributed by atoms with van der Waals surface area (Å²) in [5.74, 6) is -0.895. The number of carbonyl (C=O) groups is 2. The van der Waals surface area contributed by atoms with Gasteiger partial charge in [-0.2, -0.15) is 0 Å². The summed E-state index contributed by atoms with van der Waals surface area (Å²) in [6.07, 6.45) is 14.3. The van der Waals surface area contributed by atoms with Gasteiger partial charge in [0.25, 0.3) is 0 Å². The number of benzene rings is 1. The van der Waals surface area contributed by atoms with Crippen LogP contribution >= 0.6 is 0 Å². The van der Waals surface area contributed by atoms with E-state index in [0.717, 1.165) is 77.0 Å². The van der Waals surface area contributed by atoms with Crippen LogP contribution in [0.25, 0.3) is 0 Å². The largest absolute Gasteiger partial charge is 0.481 e. The zero-order chi connectivity index (χ0) is 23.4. The fourth-order valence-electron chi connectivity index (χ4n) is 3.91. The molecule has 0 heterocycles. The van der Waals surface area contributed by atoms with Crippen molar-refractivity contribution in [1.29, 1.82) is 0 Å². The third-order valence-electron chi connectivity index (χ3n) is 5.76. The summed E-state index contributed by atoms with van der Waals surface area (Å²) in [6, 6.07) is 10.3. The van der Waals surface area contributed by atoms with Crippen molar-refractivity contribution in [1.82, 2.24) is 0 Å². The molecule has 0 aromatic heterocycles. The fourth-order valence-corrected chi connectivity index (χ4v) is 3.91. The minimum Gasteiger partial charge on any atom is -0.481 e. The SMILES string of the molecule is CC(=O)OC(CCCCCCCCC(=O)O)CCCCCCC(C)OCc1ccccc1. The van der Waals surface area contributed by atoms with Crippen LogP contribution in [0.2, 0.25) is 0 Å². The first-order valence-corrected chi connectivity index (χ1v) is 12.5. The first-order valence-electron chi connectivity index (χ1n) is 12.5. The number of carboxylic acid groups (broad SMARTS) is 1. The van der Waals surface area contributed by atoms with Gasteiger partial charge in [0, 0.05) is 13.3 Å². The molecule has 0 spiro atoms. The number of carboxylic acids is 1. The lowest BCUT2D eigenvalue weighted by atomic mass is 10.0. The second kappa shape index (κ2) is 18.7. The normalized spacial score (nSPS) is 12.9. The molecule has 5 nitrogen and oxygen atoms in total. The maximum atomic E-state index is 11.4. The van der Waals surface area contributed by atoms with Gasteiger partial charge in [0.2, 0.25) is 0 Å². The van der Waals surface area contributed by atoms with Crippen LogP contribution in [0, 0.1) is 0 Å². The monoisotopic (exact) mass is 448 g/mol. The number of ether oxygens (including phenoxy) is 2. The standard InChI is InChI=1S/C27H44O5/c1-23(31-22-25-17-11-9-12-18-25)16-10-7-8-14-20-26(32-24(2)28)19-13-5-3-4-6-15-21-27(29)30/h9,11-12,17-18,23,26H,3-8,10,13-16,19-22H2,1-2H3,(H,29,30). The summed E-state index contributed by atoms with van der Waals surface area (Å²) in [6.45, 7) is 4.31. The molecule has 0 fully saturated rings. The Labute approximate surface area is 194 Å². The highest BCUT2D eigenvalue weighted by molar-refractivity contribution is 5.66. The lowest BCUT2D eigenvalue weighted by Crippen LogP contribution is -2.16. The van der Waals surface area contributed by atoms with Gasteiger partial charge in [0.15, 0.2) is 0 Å². The molecule has 1 aromatic carbocycles. The van der Waals surface area contributed by atoms with Crippen molar-refractivity contribution < 1.29 is 24.2 Å². The molecule has 0 radical (unpaired) electrons. The second-order valence-corrected chi connectivity index (χ2v) is 8.88. The molecule has 182 valence electrons. The Morgan fingerprint density at radius 3 is 1.91 bits per heavy atom. The van der Waals surface area contributed by atoms with Crippen molar-refractivity contribution in [3.8, 4) is 0 Å². The third kappa shape index (κ3) is 16.8. The molecular formula is C27H44O5. The number of esters is 1. The minimum atomic E-state index is -0.708. The number of carbonyl (C=O) groups excluding carboxylic acids is 1. The molecule has 0 aliphatic carbocycles. The Morgan fingerprint density at radius 1 is 0.812 bits per heavy atom. The van der Waals surface area contributed by atoms with Gasteiger partial charge >= 0.3 is 11.9 Å². The predicted molar refractivity (Wildman–Crippen MR) is 129 cm³/mol. The van der Waals surface area contributed by atoms with Crippen molar-refractivity contribution in [3.05, 3.63) is 35.9 Å². The number of aliphatic carboxylic acids is 1. The molecule has 1 N–H and O–H groups in total. The molecule has 0 saturated carbocycles. The Balaban J connectivity index is 2.04. The summed E-state index contributed by atoms with van der Waals surface area (Å²) in [4.78, 5) is 21.9. The van der Waals surface area contributed by atoms with Crippen molar-refractivity contribution in [2.75, 3.05) is 0 Å². The molecule has 2 atom stereocenters. The predicted octanol–water partition coefficient (Wildman–Crippen LogP) is 7.07. The van der Waals surface area contributed by atoms with Crippen LogP contribution in [0.1, 0.15) is 109 Å². The topological polar surface area (TPSA) is 72.8 Å². The summed E-state index contributed by atoms with van der Waals surface area (Å²) < 4.78 is 11.4. The van der Waals surface area contributed by atoms with Crippen LogP contribution in [0.4, 0.5) is 0 Å². The Bertz CT molecular complexity index is 601. The van der Waals surface area contributed by atoms with Crippen molar-refractivity contribution >= 4 is 11.9 Å². The Morgan fingerprint density at radius 2 is 1.34 bits per heavy atom. The highest BCUT2D eigenvalue weighted by Crippen LogP contribution is 2.17. The summed E-state index contributed by atoms with van der Waals surface area (Å²) >= 11 is 0. The lowest BCUT2D eigenvalue weighted by Gasteiger charge is -2.17. The van der Waals surface area contributed by atoms with Gasteiger partial charge in [-0.25, -0.2) is 0 Å². The highest BCUT2D eigenvalue weighted by Gasteiger charge is 2.12. The van der Waals surface area contributed by atoms with E-state index in [9.17, 15) is 9.59 Å². The molecule has 0 aliphatic rings. The van der Waals surface area contributed by atoms with Crippen molar-refractivity contribution in [2.24, 2.45) is 0 Å².